The van der Waals surface area contributed by atoms with E-state index in [0.29, 0.717) is 47.4 Å². The molecule has 0 spiro atoms. The molecule has 3 aromatic rings. The predicted molar refractivity (Wildman–Crippen MR) is 153 cm³/mol. The zero-order valence-corrected chi connectivity index (χ0v) is 24.3. The van der Waals surface area contributed by atoms with Crippen molar-refractivity contribution in [3.05, 3.63) is 51.9 Å². The third kappa shape index (κ3) is 5.32. The SMILES string of the molecule is CC(C)(C)OC(=O)C1CCC(CC#N)(n2nc(Nc3ccc4c(c3)CN(C(C)(C)C)C4=O)c3c(=O)[nH]ccc32)CO1. The number of carbonyl (C=O) groups excluding carboxylic acids is 2. The molecule has 1 amide bonds. The summed E-state index contributed by atoms with van der Waals surface area (Å²) >= 11 is 0. The molecular formula is C30H36N6O5. The van der Waals surface area contributed by atoms with Crippen LogP contribution in [0.1, 0.15) is 76.7 Å². The van der Waals surface area contributed by atoms with E-state index in [-0.39, 0.29) is 30.0 Å². The number of aromatic nitrogens is 3. The highest BCUT2D eigenvalue weighted by molar-refractivity contribution is 5.99. The number of nitrogens with one attached hydrogen (secondary N) is 2. The summed E-state index contributed by atoms with van der Waals surface area (Å²) in [6.07, 6.45) is 1.64. The van der Waals surface area contributed by atoms with Gasteiger partial charge in [-0.2, -0.15) is 10.4 Å². The minimum Gasteiger partial charge on any atom is -0.458 e. The zero-order chi connectivity index (χ0) is 29.7. The molecule has 0 saturated carbocycles. The molecule has 2 unspecified atom stereocenters. The average molecular weight is 561 g/mol. The van der Waals surface area contributed by atoms with Crippen molar-refractivity contribution in [3.8, 4) is 6.07 Å². The quantitative estimate of drug-likeness (QED) is 0.439. The van der Waals surface area contributed by atoms with Gasteiger partial charge in [-0.05, 0) is 84.2 Å². The first-order valence-corrected chi connectivity index (χ1v) is 13.8. The number of aromatic amines is 1. The molecule has 0 bridgehead atoms. The Labute approximate surface area is 238 Å². The van der Waals surface area contributed by atoms with E-state index in [1.165, 1.54) is 0 Å². The molecule has 2 aliphatic heterocycles. The van der Waals surface area contributed by atoms with Crippen molar-refractivity contribution in [2.24, 2.45) is 0 Å². The van der Waals surface area contributed by atoms with Gasteiger partial charge in [0.05, 0.1) is 30.2 Å². The summed E-state index contributed by atoms with van der Waals surface area (Å²) in [6, 6.07) is 9.48. The fourth-order valence-electron chi connectivity index (χ4n) is 5.50. The van der Waals surface area contributed by atoms with E-state index in [1.54, 1.807) is 49.8 Å². The van der Waals surface area contributed by atoms with Crippen molar-refractivity contribution >= 4 is 34.3 Å². The van der Waals surface area contributed by atoms with E-state index in [4.69, 9.17) is 14.6 Å². The lowest BCUT2D eigenvalue weighted by atomic mass is 9.87. The largest absolute Gasteiger partial charge is 0.458 e. The predicted octanol–water partition coefficient (Wildman–Crippen LogP) is 4.35. The van der Waals surface area contributed by atoms with Crippen LogP contribution in [-0.4, -0.2) is 55.4 Å². The molecule has 1 fully saturated rings. The maximum atomic E-state index is 13.0. The van der Waals surface area contributed by atoms with Crippen LogP contribution in [-0.2, 0) is 26.4 Å². The number of fused-ring (bicyclic) bond motifs is 2. The Hall–Kier alpha value is -4.17. The first-order valence-electron chi connectivity index (χ1n) is 13.8. The van der Waals surface area contributed by atoms with Crippen LogP contribution in [0.15, 0.2) is 35.3 Å². The molecule has 0 aliphatic carbocycles. The monoisotopic (exact) mass is 560 g/mol. The van der Waals surface area contributed by atoms with Crippen molar-refractivity contribution in [1.82, 2.24) is 19.7 Å². The maximum absolute atomic E-state index is 13.0. The number of hydrogen-bond acceptors (Lipinski definition) is 8. The Kier molecular flexibility index (Phi) is 6.94. The molecule has 2 aliphatic rings. The van der Waals surface area contributed by atoms with E-state index < -0.39 is 23.2 Å². The van der Waals surface area contributed by atoms with Gasteiger partial charge in [0.15, 0.2) is 11.9 Å². The van der Waals surface area contributed by atoms with Gasteiger partial charge in [-0.1, -0.05) is 0 Å². The molecule has 11 nitrogen and oxygen atoms in total. The van der Waals surface area contributed by atoms with Crippen LogP contribution in [0.2, 0.25) is 0 Å². The third-order valence-electron chi connectivity index (χ3n) is 7.54. The molecule has 2 N–H and O–H groups in total. The van der Waals surface area contributed by atoms with E-state index in [9.17, 15) is 19.6 Å². The lowest BCUT2D eigenvalue weighted by Crippen LogP contribution is -2.47. The number of H-pyrrole nitrogens is 1. The van der Waals surface area contributed by atoms with Crippen LogP contribution in [0.5, 0.6) is 0 Å². The van der Waals surface area contributed by atoms with Crippen LogP contribution in [0.3, 0.4) is 0 Å². The summed E-state index contributed by atoms with van der Waals surface area (Å²) in [7, 11) is 0. The second-order valence-corrected chi connectivity index (χ2v) is 12.8. The van der Waals surface area contributed by atoms with Crippen molar-refractivity contribution < 1.29 is 19.1 Å². The Morgan fingerprint density at radius 3 is 2.63 bits per heavy atom. The molecule has 2 aromatic heterocycles. The van der Waals surface area contributed by atoms with E-state index in [2.05, 4.69) is 16.4 Å². The molecule has 2 atom stereocenters. The Morgan fingerprint density at radius 1 is 1.24 bits per heavy atom. The van der Waals surface area contributed by atoms with Gasteiger partial charge in [0, 0.05) is 29.5 Å². The van der Waals surface area contributed by atoms with E-state index in [1.807, 2.05) is 31.7 Å². The number of nitrogens with zero attached hydrogens (tertiary/aromatic N) is 4. The van der Waals surface area contributed by atoms with Gasteiger partial charge in [0.1, 0.15) is 11.0 Å². The number of hydrogen-bond donors (Lipinski definition) is 2. The first-order chi connectivity index (χ1) is 19.2. The van der Waals surface area contributed by atoms with E-state index >= 15 is 0 Å². The third-order valence-corrected chi connectivity index (χ3v) is 7.54. The lowest BCUT2D eigenvalue weighted by molar-refractivity contribution is -0.176. The second-order valence-electron chi connectivity index (χ2n) is 12.8. The van der Waals surface area contributed by atoms with Crippen LogP contribution in [0, 0.1) is 11.3 Å². The number of anilines is 2. The second kappa shape index (κ2) is 10.0. The number of esters is 1. The fraction of sp³-hybridized carbons (Fsp3) is 0.500. The van der Waals surface area contributed by atoms with Crippen LogP contribution in [0.25, 0.3) is 10.9 Å². The molecule has 1 saturated heterocycles. The summed E-state index contributed by atoms with van der Waals surface area (Å²) < 4.78 is 13.2. The Morgan fingerprint density at radius 2 is 2.00 bits per heavy atom. The zero-order valence-electron chi connectivity index (χ0n) is 24.3. The number of amides is 1. The van der Waals surface area contributed by atoms with Gasteiger partial charge in [-0.15, -0.1) is 0 Å². The topological polar surface area (TPSA) is 142 Å². The van der Waals surface area contributed by atoms with Gasteiger partial charge >= 0.3 is 5.97 Å². The molecule has 1 aromatic carbocycles. The highest BCUT2D eigenvalue weighted by Crippen LogP contribution is 2.38. The first kappa shape index (κ1) is 28.4. The molecule has 0 radical (unpaired) electrons. The number of carbonyl (C=O) groups is 2. The maximum Gasteiger partial charge on any atom is 0.335 e. The summed E-state index contributed by atoms with van der Waals surface area (Å²) in [5.41, 5.74) is 0.594. The number of benzene rings is 1. The van der Waals surface area contributed by atoms with Crippen molar-refractivity contribution in [2.45, 2.75) is 90.1 Å². The van der Waals surface area contributed by atoms with Gasteiger partial charge in [0.25, 0.3) is 11.5 Å². The highest BCUT2D eigenvalue weighted by atomic mass is 16.6. The standard InChI is InChI=1S/C30H36N6O5/c1-28(2,3)35-16-18-15-19(7-8-20(18)26(35)38)33-24-23-21(10-14-32-25(23)37)36(34-24)30(12-13-31)11-9-22(40-17-30)27(39)41-29(4,5)6/h7-8,10,14-15,22H,9,11-12,16-17H2,1-6H3,(H,32,37)(H,33,34). The minimum atomic E-state index is -0.892. The number of pyridine rings is 1. The molecule has 41 heavy (non-hydrogen) atoms. The molecule has 216 valence electrons. The minimum absolute atomic E-state index is 0.00866. The molecule has 11 heteroatoms. The van der Waals surface area contributed by atoms with Crippen molar-refractivity contribution in [1.29, 1.82) is 5.26 Å². The number of nitriles is 1. The number of ether oxygens (including phenoxy) is 2. The smallest absolute Gasteiger partial charge is 0.335 e. The van der Waals surface area contributed by atoms with Gasteiger partial charge < -0.3 is 24.7 Å². The van der Waals surface area contributed by atoms with Crippen LogP contribution < -0.4 is 10.9 Å². The Bertz CT molecular complexity index is 1610. The van der Waals surface area contributed by atoms with Gasteiger partial charge in [-0.25, -0.2) is 4.79 Å². The summed E-state index contributed by atoms with van der Waals surface area (Å²) in [4.78, 5) is 43.2. The highest BCUT2D eigenvalue weighted by Gasteiger charge is 2.43. The van der Waals surface area contributed by atoms with Crippen molar-refractivity contribution in [3.63, 3.8) is 0 Å². The van der Waals surface area contributed by atoms with Crippen molar-refractivity contribution in [2.75, 3.05) is 11.9 Å². The van der Waals surface area contributed by atoms with Gasteiger partial charge in [0.2, 0.25) is 0 Å². The van der Waals surface area contributed by atoms with Crippen LogP contribution >= 0.6 is 0 Å². The van der Waals surface area contributed by atoms with Gasteiger partial charge in [-0.3, -0.25) is 14.3 Å². The van der Waals surface area contributed by atoms with E-state index in [0.717, 1.165) is 5.56 Å². The summed E-state index contributed by atoms with van der Waals surface area (Å²) in [6.45, 7) is 12.0. The Balaban J connectivity index is 1.48. The normalized spacial score (nSPS) is 21.0. The van der Waals surface area contributed by atoms with Crippen LogP contribution in [0.4, 0.5) is 11.5 Å². The fourth-order valence-corrected chi connectivity index (χ4v) is 5.50. The molecule has 5 rings (SSSR count). The summed E-state index contributed by atoms with van der Waals surface area (Å²) in [5.74, 6) is -0.122. The molecular weight excluding hydrogens is 524 g/mol. The summed E-state index contributed by atoms with van der Waals surface area (Å²) in [5, 5.41) is 18.2. The number of rotatable bonds is 5. The molecule has 4 heterocycles. The average Bonchev–Trinajstić information content (AvgIpc) is 3.42. The lowest BCUT2D eigenvalue weighted by Gasteiger charge is -2.39.